The minimum Gasteiger partial charge on any atom is -0.493 e. The highest BCUT2D eigenvalue weighted by Crippen LogP contribution is 2.45. The molecule has 1 heterocycles. The molecule has 1 aromatic carbocycles. The normalized spacial score (nSPS) is 12.2. The molecule has 0 aliphatic carbocycles. The summed E-state index contributed by atoms with van der Waals surface area (Å²) in [7, 11) is 1.48. The van der Waals surface area contributed by atoms with Crippen LogP contribution in [0.3, 0.4) is 0 Å². The van der Waals surface area contributed by atoms with Crippen LogP contribution < -0.4 is 14.2 Å². The number of hydrogen-bond donors (Lipinski definition) is 0. The van der Waals surface area contributed by atoms with Crippen LogP contribution in [0.2, 0.25) is 0 Å². The molecule has 1 aliphatic rings. The zero-order valence-corrected chi connectivity index (χ0v) is 11.6. The number of benzene rings is 1. The van der Waals surface area contributed by atoms with Gasteiger partial charge in [0.05, 0.1) is 25.7 Å². The monoisotopic (exact) mass is 280 g/mol. The van der Waals surface area contributed by atoms with Crippen LogP contribution in [0.25, 0.3) is 0 Å². The van der Waals surface area contributed by atoms with E-state index in [1.807, 2.05) is 0 Å². The maximum atomic E-state index is 11.8. The van der Waals surface area contributed by atoms with Gasteiger partial charge in [-0.3, -0.25) is 9.59 Å². The van der Waals surface area contributed by atoms with E-state index in [1.54, 1.807) is 13.0 Å². The van der Waals surface area contributed by atoms with E-state index in [2.05, 4.69) is 0 Å². The second-order valence-corrected chi connectivity index (χ2v) is 4.22. The summed E-state index contributed by atoms with van der Waals surface area (Å²) >= 11 is 0. The lowest BCUT2D eigenvalue weighted by atomic mass is 9.99. The third-order valence-corrected chi connectivity index (χ3v) is 2.90. The summed E-state index contributed by atoms with van der Waals surface area (Å²) in [5.74, 6) is 0.549. The van der Waals surface area contributed by atoms with E-state index in [4.69, 9.17) is 18.9 Å². The number of carbonyl (C=O) groups excluding carboxylic acids is 2. The smallest absolute Gasteiger partial charge is 0.310 e. The summed E-state index contributed by atoms with van der Waals surface area (Å²) in [6.45, 7) is 3.45. The first-order valence-corrected chi connectivity index (χ1v) is 6.24. The van der Waals surface area contributed by atoms with Gasteiger partial charge in [-0.1, -0.05) is 0 Å². The fourth-order valence-electron chi connectivity index (χ4n) is 2.13. The number of hydrogen-bond acceptors (Lipinski definition) is 6. The van der Waals surface area contributed by atoms with E-state index in [-0.39, 0.29) is 25.6 Å². The van der Waals surface area contributed by atoms with E-state index in [1.165, 1.54) is 14.0 Å². The van der Waals surface area contributed by atoms with Gasteiger partial charge in [0.2, 0.25) is 12.5 Å². The maximum absolute atomic E-state index is 11.8. The van der Waals surface area contributed by atoms with Crippen molar-refractivity contribution in [1.29, 1.82) is 0 Å². The van der Waals surface area contributed by atoms with Gasteiger partial charge in [0.25, 0.3) is 0 Å². The van der Waals surface area contributed by atoms with Crippen LogP contribution in [0, 0.1) is 0 Å². The molecular weight excluding hydrogens is 264 g/mol. The van der Waals surface area contributed by atoms with Gasteiger partial charge in [-0.25, -0.2) is 0 Å². The lowest BCUT2D eigenvalue weighted by Crippen LogP contribution is -2.11. The molecule has 0 amide bonds. The number of rotatable bonds is 5. The average Bonchev–Trinajstić information content (AvgIpc) is 2.86. The fourth-order valence-corrected chi connectivity index (χ4v) is 2.13. The van der Waals surface area contributed by atoms with Crippen LogP contribution in [0.4, 0.5) is 0 Å². The summed E-state index contributed by atoms with van der Waals surface area (Å²) in [5.41, 5.74) is 0.850. The Morgan fingerprint density at radius 1 is 1.30 bits per heavy atom. The topological polar surface area (TPSA) is 71.1 Å². The van der Waals surface area contributed by atoms with Crippen molar-refractivity contribution in [2.45, 2.75) is 20.3 Å². The van der Waals surface area contributed by atoms with Crippen molar-refractivity contribution in [3.05, 3.63) is 17.2 Å². The molecule has 0 atom stereocenters. The number of carbonyl (C=O) groups is 2. The minimum absolute atomic E-state index is 0.0181. The molecule has 0 bridgehead atoms. The van der Waals surface area contributed by atoms with Crippen molar-refractivity contribution in [3.63, 3.8) is 0 Å². The zero-order valence-electron chi connectivity index (χ0n) is 11.6. The highest BCUT2D eigenvalue weighted by atomic mass is 16.7. The highest BCUT2D eigenvalue weighted by molar-refractivity contribution is 6.01. The van der Waals surface area contributed by atoms with Crippen LogP contribution in [-0.4, -0.2) is 32.3 Å². The first-order chi connectivity index (χ1) is 9.58. The molecule has 0 saturated heterocycles. The molecule has 1 aliphatic heterocycles. The van der Waals surface area contributed by atoms with Gasteiger partial charge in [-0.15, -0.1) is 0 Å². The molecule has 0 radical (unpaired) electrons. The largest absolute Gasteiger partial charge is 0.493 e. The van der Waals surface area contributed by atoms with Crippen molar-refractivity contribution >= 4 is 11.8 Å². The lowest BCUT2D eigenvalue weighted by Gasteiger charge is -2.12. The van der Waals surface area contributed by atoms with Gasteiger partial charge in [0.15, 0.2) is 17.3 Å². The Hall–Kier alpha value is -2.24. The van der Waals surface area contributed by atoms with Crippen molar-refractivity contribution in [1.82, 2.24) is 0 Å². The summed E-state index contributed by atoms with van der Waals surface area (Å²) in [6.07, 6.45) is -0.0181. The zero-order chi connectivity index (χ0) is 14.7. The number of fused-ring (bicyclic) bond motifs is 1. The molecule has 20 heavy (non-hydrogen) atoms. The molecule has 108 valence electrons. The summed E-state index contributed by atoms with van der Waals surface area (Å²) in [6, 6.07) is 1.61. The third kappa shape index (κ3) is 2.54. The molecule has 0 spiro atoms. The predicted octanol–water partition coefficient (Wildman–Crippen LogP) is 1.73. The second kappa shape index (κ2) is 5.81. The van der Waals surface area contributed by atoms with Gasteiger partial charge >= 0.3 is 5.97 Å². The van der Waals surface area contributed by atoms with Crippen LogP contribution in [-0.2, 0) is 16.0 Å². The molecule has 1 aromatic rings. The summed E-state index contributed by atoms with van der Waals surface area (Å²) < 4.78 is 20.8. The van der Waals surface area contributed by atoms with E-state index >= 15 is 0 Å². The average molecular weight is 280 g/mol. The Morgan fingerprint density at radius 3 is 2.60 bits per heavy atom. The third-order valence-electron chi connectivity index (χ3n) is 2.90. The van der Waals surface area contributed by atoms with Gasteiger partial charge in [-0.2, -0.15) is 0 Å². The second-order valence-electron chi connectivity index (χ2n) is 4.22. The van der Waals surface area contributed by atoms with Crippen molar-refractivity contribution in [2.75, 3.05) is 20.5 Å². The summed E-state index contributed by atoms with van der Waals surface area (Å²) in [4.78, 5) is 23.5. The molecule has 6 nitrogen and oxygen atoms in total. The molecule has 0 fully saturated rings. The Bertz CT molecular complexity index is 549. The van der Waals surface area contributed by atoms with Crippen LogP contribution >= 0.6 is 0 Å². The van der Waals surface area contributed by atoms with Gasteiger partial charge in [0.1, 0.15) is 0 Å². The molecule has 0 saturated carbocycles. The number of ether oxygens (including phenoxy) is 4. The SMILES string of the molecule is CCOC(=O)Cc1cc(OC)c2c(c1C(C)=O)OCO2. The highest BCUT2D eigenvalue weighted by Gasteiger charge is 2.28. The van der Waals surface area contributed by atoms with Crippen LogP contribution in [0.5, 0.6) is 17.2 Å². The minimum atomic E-state index is -0.407. The molecule has 0 aromatic heterocycles. The van der Waals surface area contributed by atoms with Crippen molar-refractivity contribution in [2.24, 2.45) is 0 Å². The lowest BCUT2D eigenvalue weighted by molar-refractivity contribution is -0.142. The number of ketones is 1. The van der Waals surface area contributed by atoms with E-state index < -0.39 is 5.97 Å². The fraction of sp³-hybridized carbons (Fsp3) is 0.429. The number of methoxy groups -OCH3 is 1. The van der Waals surface area contributed by atoms with Crippen molar-refractivity contribution in [3.8, 4) is 17.2 Å². The van der Waals surface area contributed by atoms with Crippen LogP contribution in [0.15, 0.2) is 6.07 Å². The first-order valence-electron chi connectivity index (χ1n) is 6.24. The Labute approximate surface area is 116 Å². The van der Waals surface area contributed by atoms with Gasteiger partial charge in [-0.05, 0) is 25.5 Å². The van der Waals surface area contributed by atoms with E-state index in [9.17, 15) is 9.59 Å². The maximum Gasteiger partial charge on any atom is 0.310 e. The predicted molar refractivity (Wildman–Crippen MR) is 69.5 cm³/mol. The van der Waals surface area contributed by atoms with Crippen molar-refractivity contribution < 1.29 is 28.5 Å². The van der Waals surface area contributed by atoms with Crippen LogP contribution in [0.1, 0.15) is 29.8 Å². The standard InChI is InChI=1S/C14H16O6/c1-4-18-11(16)6-9-5-10(17-3)13-14(20-7-19-13)12(9)8(2)15/h5H,4,6-7H2,1-3H3. The quantitative estimate of drug-likeness (QED) is 0.604. The first kappa shape index (κ1) is 14.2. The molecule has 2 rings (SSSR count). The number of Topliss-reactive ketones (excluding diaryl/α,β-unsaturated/α-hetero) is 1. The Morgan fingerprint density at radius 2 is 2.00 bits per heavy atom. The number of esters is 1. The molecule has 0 unspecified atom stereocenters. The Kier molecular flexibility index (Phi) is 4.12. The van der Waals surface area contributed by atoms with E-state index in [0.717, 1.165) is 0 Å². The summed E-state index contributed by atoms with van der Waals surface area (Å²) in [5, 5.41) is 0. The van der Waals surface area contributed by atoms with Gasteiger partial charge < -0.3 is 18.9 Å². The molecule has 6 heteroatoms. The molecule has 0 N–H and O–H groups in total. The Balaban J connectivity index is 2.49. The molecular formula is C14H16O6. The van der Waals surface area contributed by atoms with Gasteiger partial charge in [0, 0.05) is 0 Å². The van der Waals surface area contributed by atoms with E-state index in [0.29, 0.717) is 28.4 Å².